The number of hydrogen-bond donors (Lipinski definition) is 0. The zero-order valence-corrected chi connectivity index (χ0v) is 13.9. The third kappa shape index (κ3) is 4.13. The summed E-state index contributed by atoms with van der Waals surface area (Å²) in [5.74, 6) is 4.63. The molecule has 2 amide bonds. The van der Waals surface area contributed by atoms with Crippen LogP contribution in [0.4, 0.5) is 0 Å². The van der Waals surface area contributed by atoms with Gasteiger partial charge in [0.1, 0.15) is 0 Å². The number of amides is 2. The standard InChI is InChI=1S/C22H17NO2/c1-17(24)23(16-19-7-3-2-4-8-19)22(25)14-12-18-11-13-20-9-5-6-10-21(20)15-18/h2-11,13,15H,16H2,1H3. The molecule has 0 aliphatic heterocycles. The maximum Gasteiger partial charge on any atom is 0.305 e. The highest BCUT2D eigenvalue weighted by molar-refractivity contribution is 6.04. The molecule has 0 spiro atoms. The first-order valence-electron chi connectivity index (χ1n) is 8.00. The van der Waals surface area contributed by atoms with Gasteiger partial charge in [0, 0.05) is 18.4 Å². The summed E-state index contributed by atoms with van der Waals surface area (Å²) in [6.45, 7) is 1.60. The highest BCUT2D eigenvalue weighted by Gasteiger charge is 2.16. The van der Waals surface area contributed by atoms with E-state index in [2.05, 4.69) is 11.8 Å². The van der Waals surface area contributed by atoms with Crippen LogP contribution in [0.15, 0.2) is 72.8 Å². The van der Waals surface area contributed by atoms with Crippen molar-refractivity contribution in [2.45, 2.75) is 13.5 Å². The van der Waals surface area contributed by atoms with Crippen LogP contribution >= 0.6 is 0 Å². The molecule has 0 unspecified atom stereocenters. The van der Waals surface area contributed by atoms with E-state index in [9.17, 15) is 9.59 Å². The summed E-state index contributed by atoms with van der Waals surface area (Å²) in [7, 11) is 0. The topological polar surface area (TPSA) is 37.4 Å². The highest BCUT2D eigenvalue weighted by Crippen LogP contribution is 2.15. The second kappa shape index (κ2) is 7.46. The number of nitrogens with zero attached hydrogens (tertiary/aromatic N) is 1. The van der Waals surface area contributed by atoms with Crippen molar-refractivity contribution in [2.75, 3.05) is 0 Å². The quantitative estimate of drug-likeness (QED) is 0.672. The van der Waals surface area contributed by atoms with E-state index in [4.69, 9.17) is 0 Å². The van der Waals surface area contributed by atoms with Crippen LogP contribution < -0.4 is 0 Å². The van der Waals surface area contributed by atoms with Gasteiger partial charge in [-0.15, -0.1) is 0 Å². The van der Waals surface area contributed by atoms with Crippen molar-refractivity contribution in [3.8, 4) is 11.8 Å². The fourth-order valence-electron chi connectivity index (χ4n) is 2.55. The second-order valence-electron chi connectivity index (χ2n) is 5.71. The SMILES string of the molecule is CC(=O)N(Cc1ccccc1)C(=O)C#Cc1ccc2ccccc2c1. The third-order valence-corrected chi connectivity index (χ3v) is 3.87. The molecule has 3 nitrogen and oxygen atoms in total. The first-order chi connectivity index (χ1) is 12.1. The first kappa shape index (κ1) is 16.5. The van der Waals surface area contributed by atoms with Gasteiger partial charge in [-0.25, -0.2) is 0 Å². The van der Waals surface area contributed by atoms with E-state index < -0.39 is 5.91 Å². The van der Waals surface area contributed by atoms with Crippen LogP contribution in [0.25, 0.3) is 10.8 Å². The summed E-state index contributed by atoms with van der Waals surface area (Å²) in [6.07, 6.45) is 0. The molecule has 3 aromatic rings. The average molecular weight is 327 g/mol. The maximum atomic E-state index is 12.4. The van der Waals surface area contributed by atoms with Crippen molar-refractivity contribution in [1.29, 1.82) is 0 Å². The molecule has 3 rings (SSSR count). The van der Waals surface area contributed by atoms with Gasteiger partial charge in [0.25, 0.3) is 0 Å². The fourth-order valence-corrected chi connectivity index (χ4v) is 2.55. The van der Waals surface area contributed by atoms with Crippen LogP contribution in [0.5, 0.6) is 0 Å². The second-order valence-corrected chi connectivity index (χ2v) is 5.71. The predicted molar refractivity (Wildman–Crippen MR) is 98.5 cm³/mol. The summed E-state index contributed by atoms with van der Waals surface area (Å²) < 4.78 is 0. The molecule has 0 atom stereocenters. The van der Waals surface area contributed by atoms with Gasteiger partial charge in [0.15, 0.2) is 0 Å². The largest absolute Gasteiger partial charge is 0.305 e. The molecule has 0 heterocycles. The minimum atomic E-state index is -0.496. The monoisotopic (exact) mass is 327 g/mol. The number of carbonyl (C=O) groups is 2. The zero-order valence-electron chi connectivity index (χ0n) is 13.9. The van der Waals surface area contributed by atoms with E-state index in [0.717, 1.165) is 26.8 Å². The van der Waals surface area contributed by atoms with Crippen molar-refractivity contribution in [3.63, 3.8) is 0 Å². The Bertz CT molecular complexity index is 981. The lowest BCUT2D eigenvalue weighted by atomic mass is 10.1. The Hall–Kier alpha value is -3.38. The molecular weight excluding hydrogens is 310 g/mol. The Morgan fingerprint density at radius 3 is 2.28 bits per heavy atom. The van der Waals surface area contributed by atoms with Gasteiger partial charge in [-0.05, 0) is 28.5 Å². The van der Waals surface area contributed by atoms with E-state index in [-0.39, 0.29) is 12.5 Å². The first-order valence-corrected chi connectivity index (χ1v) is 8.00. The van der Waals surface area contributed by atoms with Gasteiger partial charge in [-0.2, -0.15) is 0 Å². The molecule has 0 aliphatic rings. The highest BCUT2D eigenvalue weighted by atomic mass is 16.2. The van der Waals surface area contributed by atoms with Crippen LogP contribution in [0.3, 0.4) is 0 Å². The minimum Gasteiger partial charge on any atom is -0.275 e. The molecule has 3 aromatic carbocycles. The molecule has 3 heteroatoms. The lowest BCUT2D eigenvalue weighted by Gasteiger charge is -2.16. The van der Waals surface area contributed by atoms with Crippen LogP contribution in [-0.2, 0) is 16.1 Å². The summed E-state index contributed by atoms with van der Waals surface area (Å²) in [6, 6.07) is 23.1. The van der Waals surface area contributed by atoms with Gasteiger partial charge in [0.2, 0.25) is 5.91 Å². The van der Waals surface area contributed by atoms with Crippen molar-refractivity contribution in [1.82, 2.24) is 4.90 Å². The lowest BCUT2D eigenvalue weighted by Crippen LogP contribution is -2.33. The Kier molecular flexibility index (Phi) is 4.92. The molecule has 25 heavy (non-hydrogen) atoms. The Labute approximate surface area is 146 Å². The molecule has 0 aromatic heterocycles. The molecule has 0 bridgehead atoms. The predicted octanol–water partition coefficient (Wildman–Crippen LogP) is 3.77. The number of fused-ring (bicyclic) bond motifs is 1. The number of imide groups is 1. The summed E-state index contributed by atoms with van der Waals surface area (Å²) in [5.41, 5.74) is 1.63. The van der Waals surface area contributed by atoms with Crippen molar-refractivity contribution >= 4 is 22.6 Å². The molecule has 0 aliphatic carbocycles. The Morgan fingerprint density at radius 1 is 0.880 bits per heavy atom. The average Bonchev–Trinajstić information content (AvgIpc) is 2.64. The number of carbonyl (C=O) groups excluding carboxylic acids is 2. The van der Waals surface area contributed by atoms with E-state index in [1.54, 1.807) is 0 Å². The number of benzene rings is 3. The van der Waals surface area contributed by atoms with Crippen molar-refractivity contribution < 1.29 is 9.59 Å². The fraction of sp³-hybridized carbons (Fsp3) is 0.0909. The maximum absolute atomic E-state index is 12.4. The number of rotatable bonds is 2. The molecule has 0 fully saturated rings. The summed E-state index contributed by atoms with van der Waals surface area (Å²) >= 11 is 0. The molecule has 0 radical (unpaired) electrons. The Morgan fingerprint density at radius 2 is 1.56 bits per heavy atom. The van der Waals surface area contributed by atoms with Crippen LogP contribution in [0, 0.1) is 11.8 Å². The minimum absolute atomic E-state index is 0.224. The molecule has 0 saturated carbocycles. The van der Waals surface area contributed by atoms with Gasteiger partial charge < -0.3 is 0 Å². The summed E-state index contributed by atoms with van der Waals surface area (Å²) in [5, 5.41) is 2.18. The lowest BCUT2D eigenvalue weighted by molar-refractivity contribution is -0.140. The van der Waals surface area contributed by atoms with Crippen molar-refractivity contribution in [2.24, 2.45) is 0 Å². The molecular formula is C22H17NO2. The van der Waals surface area contributed by atoms with E-state index in [0.29, 0.717) is 0 Å². The number of hydrogen-bond acceptors (Lipinski definition) is 2. The zero-order chi connectivity index (χ0) is 17.6. The van der Waals surface area contributed by atoms with Gasteiger partial charge in [0.05, 0.1) is 6.54 Å². The van der Waals surface area contributed by atoms with Crippen LogP contribution in [-0.4, -0.2) is 16.7 Å². The van der Waals surface area contributed by atoms with Crippen LogP contribution in [0.1, 0.15) is 18.1 Å². The van der Waals surface area contributed by atoms with E-state index in [1.165, 1.54) is 6.92 Å². The van der Waals surface area contributed by atoms with Gasteiger partial charge in [-0.3, -0.25) is 14.5 Å². The molecule has 0 saturated heterocycles. The van der Waals surface area contributed by atoms with Crippen molar-refractivity contribution in [3.05, 3.63) is 83.9 Å². The Balaban J connectivity index is 1.81. The van der Waals surface area contributed by atoms with Crippen LogP contribution in [0.2, 0.25) is 0 Å². The molecule has 122 valence electrons. The third-order valence-electron chi connectivity index (χ3n) is 3.87. The normalized spacial score (nSPS) is 9.96. The molecule has 0 N–H and O–H groups in total. The summed E-state index contributed by atoms with van der Waals surface area (Å²) in [4.78, 5) is 25.3. The van der Waals surface area contributed by atoms with E-state index in [1.807, 2.05) is 72.8 Å². The van der Waals surface area contributed by atoms with Gasteiger partial charge >= 0.3 is 5.91 Å². The van der Waals surface area contributed by atoms with Gasteiger partial charge in [-0.1, -0.05) is 66.6 Å². The van der Waals surface area contributed by atoms with E-state index >= 15 is 0 Å². The smallest absolute Gasteiger partial charge is 0.275 e.